The molecule has 2 rings (SSSR count). The van der Waals surface area contributed by atoms with Crippen molar-refractivity contribution in [2.45, 2.75) is 32.6 Å². The summed E-state index contributed by atoms with van der Waals surface area (Å²) in [4.78, 5) is 1.49. The fourth-order valence-corrected chi connectivity index (χ4v) is 3.03. The minimum absolute atomic E-state index is 0.287. The number of benzene rings is 1. The highest BCUT2D eigenvalue weighted by Crippen LogP contribution is 2.34. The minimum atomic E-state index is 0.287. The van der Waals surface area contributed by atoms with Crippen LogP contribution in [0.2, 0.25) is 0 Å². The van der Waals surface area contributed by atoms with Crippen LogP contribution in [-0.4, -0.2) is 46.6 Å². The number of nitrogens with one attached hydrogen (secondary N) is 1. The quantitative estimate of drug-likeness (QED) is 0.877. The first-order valence-corrected chi connectivity index (χ1v) is 7.35. The molecule has 0 amide bonds. The first kappa shape index (κ1) is 15.9. The molecule has 1 aliphatic rings. The maximum absolute atomic E-state index is 5.80. The van der Waals surface area contributed by atoms with E-state index in [9.17, 15) is 0 Å². The Bertz CT molecular complexity index is 468. The van der Waals surface area contributed by atoms with E-state index in [1.54, 1.807) is 21.3 Å². The third kappa shape index (κ3) is 3.80. The average molecular weight is 296 g/mol. The van der Waals surface area contributed by atoms with Gasteiger partial charge < -0.3 is 23.8 Å². The SMILES string of the molecule is COc1cc(OC)c(OC)cc1C[NH+]1C[C@H](C)O[C@@H](C)C1. The molecule has 0 bridgehead atoms. The average Bonchev–Trinajstić information content (AvgIpc) is 2.45. The van der Waals surface area contributed by atoms with E-state index in [2.05, 4.69) is 13.8 Å². The Hall–Kier alpha value is -1.46. The molecule has 0 spiro atoms. The summed E-state index contributed by atoms with van der Waals surface area (Å²) in [6, 6.07) is 3.90. The van der Waals surface area contributed by atoms with Crippen LogP contribution in [0.1, 0.15) is 19.4 Å². The van der Waals surface area contributed by atoms with Gasteiger partial charge in [0.15, 0.2) is 11.5 Å². The van der Waals surface area contributed by atoms with Crippen molar-refractivity contribution in [3.63, 3.8) is 0 Å². The van der Waals surface area contributed by atoms with Crippen molar-refractivity contribution < 1.29 is 23.8 Å². The van der Waals surface area contributed by atoms with E-state index >= 15 is 0 Å². The van der Waals surface area contributed by atoms with Gasteiger partial charge in [-0.1, -0.05) is 0 Å². The summed E-state index contributed by atoms with van der Waals surface area (Å²) in [5, 5.41) is 0. The topological polar surface area (TPSA) is 41.4 Å². The van der Waals surface area contributed by atoms with Crippen LogP contribution in [0.3, 0.4) is 0 Å². The van der Waals surface area contributed by atoms with Gasteiger partial charge >= 0.3 is 0 Å². The third-order valence-corrected chi connectivity index (χ3v) is 3.84. The molecule has 1 fully saturated rings. The van der Waals surface area contributed by atoms with Crippen molar-refractivity contribution in [1.29, 1.82) is 0 Å². The van der Waals surface area contributed by atoms with Gasteiger partial charge in [-0.2, -0.15) is 0 Å². The van der Waals surface area contributed by atoms with E-state index in [1.807, 2.05) is 12.1 Å². The highest BCUT2D eigenvalue weighted by atomic mass is 16.5. The number of morpholine rings is 1. The zero-order valence-corrected chi connectivity index (χ0v) is 13.6. The highest BCUT2D eigenvalue weighted by Gasteiger charge is 2.27. The predicted octanol–water partition coefficient (Wildman–Crippen LogP) is 0.905. The lowest BCUT2D eigenvalue weighted by Gasteiger charge is -2.32. The molecule has 0 radical (unpaired) electrons. The molecule has 1 heterocycles. The fourth-order valence-electron chi connectivity index (χ4n) is 3.03. The van der Waals surface area contributed by atoms with Crippen LogP contribution in [0.4, 0.5) is 0 Å². The minimum Gasteiger partial charge on any atom is -0.496 e. The number of methoxy groups -OCH3 is 3. The van der Waals surface area contributed by atoms with Crippen molar-refractivity contribution in [2.24, 2.45) is 0 Å². The molecule has 0 saturated carbocycles. The molecule has 1 aromatic carbocycles. The Labute approximate surface area is 126 Å². The van der Waals surface area contributed by atoms with Crippen LogP contribution in [0.25, 0.3) is 0 Å². The van der Waals surface area contributed by atoms with E-state index in [0.29, 0.717) is 5.75 Å². The lowest BCUT2D eigenvalue weighted by Crippen LogP contribution is -3.14. The van der Waals surface area contributed by atoms with Crippen LogP contribution < -0.4 is 19.1 Å². The molecule has 1 saturated heterocycles. The van der Waals surface area contributed by atoms with E-state index in [1.165, 1.54) is 4.90 Å². The Kier molecular flexibility index (Phi) is 5.31. The summed E-state index contributed by atoms with van der Waals surface area (Å²) in [6.45, 7) is 7.15. The van der Waals surface area contributed by atoms with Gasteiger partial charge in [0, 0.05) is 6.07 Å². The Morgan fingerprint density at radius 2 is 1.48 bits per heavy atom. The number of hydrogen-bond donors (Lipinski definition) is 1. The highest BCUT2D eigenvalue weighted by molar-refractivity contribution is 5.50. The van der Waals surface area contributed by atoms with Crippen molar-refractivity contribution >= 4 is 0 Å². The molecule has 5 heteroatoms. The van der Waals surface area contributed by atoms with Gasteiger partial charge in [0.25, 0.3) is 0 Å². The zero-order valence-electron chi connectivity index (χ0n) is 13.6. The number of rotatable bonds is 5. The smallest absolute Gasteiger partial charge is 0.164 e. The predicted molar refractivity (Wildman–Crippen MR) is 80.5 cm³/mol. The fraction of sp³-hybridized carbons (Fsp3) is 0.625. The van der Waals surface area contributed by atoms with Crippen LogP contribution in [0.5, 0.6) is 17.2 Å². The standard InChI is InChI=1S/C16H25NO4/c1-11-8-17(9-12(2)21-11)10-13-6-15(19-4)16(20-5)7-14(13)18-3/h6-7,11-12H,8-10H2,1-5H3/p+1/t11-,12-/m0/s1. The molecule has 118 valence electrons. The molecule has 1 aromatic rings. The van der Waals surface area contributed by atoms with E-state index < -0.39 is 0 Å². The van der Waals surface area contributed by atoms with E-state index in [4.69, 9.17) is 18.9 Å². The molecule has 2 atom stereocenters. The maximum Gasteiger partial charge on any atom is 0.164 e. The van der Waals surface area contributed by atoms with Gasteiger partial charge in [0.1, 0.15) is 37.6 Å². The van der Waals surface area contributed by atoms with Gasteiger partial charge in [-0.05, 0) is 19.9 Å². The summed E-state index contributed by atoms with van der Waals surface area (Å²) in [7, 11) is 4.97. The van der Waals surface area contributed by atoms with Gasteiger partial charge in [0.05, 0.1) is 26.9 Å². The Morgan fingerprint density at radius 1 is 0.952 bits per heavy atom. The summed E-state index contributed by atoms with van der Waals surface area (Å²) >= 11 is 0. The molecule has 21 heavy (non-hydrogen) atoms. The van der Waals surface area contributed by atoms with Gasteiger partial charge in [-0.25, -0.2) is 0 Å². The van der Waals surface area contributed by atoms with Crippen LogP contribution in [0, 0.1) is 0 Å². The van der Waals surface area contributed by atoms with Crippen molar-refractivity contribution in [2.75, 3.05) is 34.4 Å². The molecule has 0 aliphatic carbocycles. The van der Waals surface area contributed by atoms with E-state index in [0.717, 1.165) is 36.7 Å². The second kappa shape index (κ2) is 7.00. The first-order chi connectivity index (χ1) is 10.1. The molecule has 0 aromatic heterocycles. The van der Waals surface area contributed by atoms with E-state index in [-0.39, 0.29) is 12.2 Å². The lowest BCUT2D eigenvalue weighted by molar-refractivity contribution is -0.928. The largest absolute Gasteiger partial charge is 0.496 e. The molecule has 1 N–H and O–H groups in total. The summed E-state index contributed by atoms with van der Waals surface area (Å²) in [6.07, 6.45) is 0.574. The molecule has 0 unspecified atom stereocenters. The second-order valence-corrected chi connectivity index (χ2v) is 5.61. The number of hydrogen-bond acceptors (Lipinski definition) is 4. The summed E-state index contributed by atoms with van der Waals surface area (Å²) in [5.74, 6) is 2.27. The first-order valence-electron chi connectivity index (χ1n) is 7.35. The van der Waals surface area contributed by atoms with Gasteiger partial charge in [0.2, 0.25) is 0 Å². The summed E-state index contributed by atoms with van der Waals surface area (Å²) < 4.78 is 22.0. The Balaban J connectivity index is 2.22. The molecular formula is C16H26NO4+. The third-order valence-electron chi connectivity index (χ3n) is 3.84. The monoisotopic (exact) mass is 296 g/mol. The normalized spacial score (nSPS) is 25.5. The van der Waals surface area contributed by atoms with Crippen LogP contribution >= 0.6 is 0 Å². The molecule has 5 nitrogen and oxygen atoms in total. The van der Waals surface area contributed by atoms with Crippen molar-refractivity contribution in [3.05, 3.63) is 17.7 Å². The van der Waals surface area contributed by atoms with Gasteiger partial charge in [-0.3, -0.25) is 0 Å². The van der Waals surface area contributed by atoms with Gasteiger partial charge in [-0.15, -0.1) is 0 Å². The number of ether oxygens (including phenoxy) is 4. The maximum atomic E-state index is 5.80. The Morgan fingerprint density at radius 3 is 2.00 bits per heavy atom. The number of quaternary nitrogens is 1. The van der Waals surface area contributed by atoms with Crippen LogP contribution in [0.15, 0.2) is 12.1 Å². The van der Waals surface area contributed by atoms with Crippen molar-refractivity contribution in [3.8, 4) is 17.2 Å². The lowest BCUT2D eigenvalue weighted by atomic mass is 10.1. The summed E-state index contributed by atoms with van der Waals surface area (Å²) in [5.41, 5.74) is 1.13. The molecular weight excluding hydrogens is 270 g/mol. The van der Waals surface area contributed by atoms with Crippen LogP contribution in [-0.2, 0) is 11.3 Å². The van der Waals surface area contributed by atoms with Crippen molar-refractivity contribution in [1.82, 2.24) is 0 Å². The molecule has 1 aliphatic heterocycles. The zero-order chi connectivity index (χ0) is 15.4. The second-order valence-electron chi connectivity index (χ2n) is 5.61.